The molecular formula is C14H14BrNOS. The van der Waals surface area contributed by atoms with Crippen LogP contribution in [0.2, 0.25) is 0 Å². The van der Waals surface area contributed by atoms with Crippen LogP contribution in [-0.2, 0) is 0 Å². The van der Waals surface area contributed by atoms with Crippen molar-refractivity contribution in [2.24, 2.45) is 0 Å². The molecule has 94 valence electrons. The minimum absolute atomic E-state index is 0.686. The van der Waals surface area contributed by atoms with Crippen molar-refractivity contribution in [1.29, 1.82) is 0 Å². The van der Waals surface area contributed by atoms with Crippen LogP contribution in [0.15, 0.2) is 57.9 Å². The molecule has 0 aliphatic carbocycles. The first kappa shape index (κ1) is 13.3. The first-order chi connectivity index (χ1) is 8.74. The maximum Gasteiger partial charge on any atom is 0.120 e. The number of thioether (sulfide) groups is 1. The molecule has 0 saturated carbocycles. The van der Waals surface area contributed by atoms with Gasteiger partial charge in [-0.15, -0.1) is 11.8 Å². The van der Waals surface area contributed by atoms with Gasteiger partial charge >= 0.3 is 0 Å². The Balaban J connectivity index is 1.74. The van der Waals surface area contributed by atoms with Crippen molar-refractivity contribution in [3.8, 4) is 5.75 Å². The number of rotatable bonds is 5. The summed E-state index contributed by atoms with van der Waals surface area (Å²) in [5, 5.41) is 0. The van der Waals surface area contributed by atoms with Crippen LogP contribution in [0.25, 0.3) is 0 Å². The lowest BCUT2D eigenvalue weighted by molar-refractivity contribution is 0.344. The molecule has 0 spiro atoms. The second-order valence-corrected chi connectivity index (χ2v) is 5.81. The largest absolute Gasteiger partial charge is 0.493 e. The fraction of sp³-hybridized carbons (Fsp3) is 0.143. The molecule has 0 bridgehead atoms. The van der Waals surface area contributed by atoms with Gasteiger partial charge in [0, 0.05) is 20.8 Å². The highest BCUT2D eigenvalue weighted by molar-refractivity contribution is 9.10. The van der Waals surface area contributed by atoms with Crippen LogP contribution in [0, 0.1) is 0 Å². The van der Waals surface area contributed by atoms with Crippen LogP contribution in [0.1, 0.15) is 0 Å². The topological polar surface area (TPSA) is 35.2 Å². The highest BCUT2D eigenvalue weighted by atomic mass is 79.9. The normalized spacial score (nSPS) is 10.3. The molecular weight excluding hydrogens is 310 g/mol. The second-order valence-electron chi connectivity index (χ2n) is 3.72. The summed E-state index contributed by atoms with van der Waals surface area (Å²) in [6.07, 6.45) is 0. The number of ether oxygens (including phenoxy) is 1. The van der Waals surface area contributed by atoms with Gasteiger partial charge in [0.15, 0.2) is 0 Å². The SMILES string of the molecule is Nc1ccc(SCCOc2cccc(Br)c2)cc1. The van der Waals surface area contributed by atoms with E-state index >= 15 is 0 Å². The first-order valence-corrected chi connectivity index (χ1v) is 7.38. The number of hydrogen-bond acceptors (Lipinski definition) is 3. The molecule has 0 radical (unpaired) electrons. The van der Waals surface area contributed by atoms with Gasteiger partial charge in [-0.3, -0.25) is 0 Å². The maximum absolute atomic E-state index is 5.66. The lowest BCUT2D eigenvalue weighted by atomic mass is 10.3. The van der Waals surface area contributed by atoms with E-state index < -0.39 is 0 Å². The van der Waals surface area contributed by atoms with E-state index in [2.05, 4.69) is 15.9 Å². The Morgan fingerprint density at radius 3 is 2.61 bits per heavy atom. The summed E-state index contributed by atoms with van der Waals surface area (Å²) >= 11 is 5.18. The molecule has 4 heteroatoms. The highest BCUT2D eigenvalue weighted by Crippen LogP contribution is 2.21. The van der Waals surface area contributed by atoms with Crippen molar-refractivity contribution < 1.29 is 4.74 Å². The summed E-state index contributed by atoms with van der Waals surface area (Å²) in [5.74, 6) is 1.80. The van der Waals surface area contributed by atoms with E-state index in [0.717, 1.165) is 21.7 Å². The zero-order valence-corrected chi connectivity index (χ0v) is 12.2. The zero-order chi connectivity index (χ0) is 12.8. The molecule has 2 aromatic rings. The van der Waals surface area contributed by atoms with E-state index in [9.17, 15) is 0 Å². The Morgan fingerprint density at radius 1 is 1.11 bits per heavy atom. The minimum Gasteiger partial charge on any atom is -0.493 e. The van der Waals surface area contributed by atoms with E-state index in [1.807, 2.05) is 48.5 Å². The molecule has 0 saturated heterocycles. The molecule has 18 heavy (non-hydrogen) atoms. The Hall–Kier alpha value is -1.13. The monoisotopic (exact) mass is 323 g/mol. The molecule has 0 aliphatic rings. The van der Waals surface area contributed by atoms with Crippen molar-refractivity contribution in [2.75, 3.05) is 18.1 Å². The Bertz CT molecular complexity index is 501. The van der Waals surface area contributed by atoms with Crippen molar-refractivity contribution >= 4 is 33.4 Å². The first-order valence-electron chi connectivity index (χ1n) is 5.61. The minimum atomic E-state index is 0.686. The van der Waals surface area contributed by atoms with E-state index in [-0.39, 0.29) is 0 Å². The molecule has 2 aromatic carbocycles. The van der Waals surface area contributed by atoms with Crippen molar-refractivity contribution in [2.45, 2.75) is 4.90 Å². The Labute approximate surface area is 120 Å². The quantitative estimate of drug-likeness (QED) is 0.508. The van der Waals surface area contributed by atoms with Gasteiger partial charge in [0.25, 0.3) is 0 Å². The third-order valence-corrected chi connectivity index (χ3v) is 3.77. The van der Waals surface area contributed by atoms with Gasteiger partial charge in [0.05, 0.1) is 6.61 Å². The van der Waals surface area contributed by atoms with Gasteiger partial charge in [-0.1, -0.05) is 22.0 Å². The van der Waals surface area contributed by atoms with E-state index in [4.69, 9.17) is 10.5 Å². The van der Waals surface area contributed by atoms with E-state index in [1.54, 1.807) is 11.8 Å². The van der Waals surface area contributed by atoms with E-state index in [0.29, 0.717) is 6.61 Å². The molecule has 0 atom stereocenters. The van der Waals surface area contributed by atoms with Gasteiger partial charge in [-0.25, -0.2) is 0 Å². The Kier molecular flexibility index (Phi) is 4.96. The predicted molar refractivity (Wildman–Crippen MR) is 81.2 cm³/mol. The highest BCUT2D eigenvalue weighted by Gasteiger charge is 1.97. The Morgan fingerprint density at radius 2 is 1.89 bits per heavy atom. The van der Waals surface area contributed by atoms with Gasteiger partial charge in [0.2, 0.25) is 0 Å². The molecule has 0 heterocycles. The average molecular weight is 324 g/mol. The van der Waals surface area contributed by atoms with Gasteiger partial charge in [-0.05, 0) is 42.5 Å². The zero-order valence-electron chi connectivity index (χ0n) is 9.80. The lowest BCUT2D eigenvalue weighted by Crippen LogP contribution is -1.99. The van der Waals surface area contributed by atoms with Crippen LogP contribution in [-0.4, -0.2) is 12.4 Å². The molecule has 0 aliphatic heterocycles. The summed E-state index contributed by atoms with van der Waals surface area (Å²) in [7, 11) is 0. The third-order valence-electron chi connectivity index (χ3n) is 2.30. The van der Waals surface area contributed by atoms with Crippen LogP contribution in [0.3, 0.4) is 0 Å². The number of hydrogen-bond donors (Lipinski definition) is 1. The maximum atomic E-state index is 5.66. The molecule has 2 N–H and O–H groups in total. The number of nitrogen functional groups attached to an aromatic ring is 1. The number of nitrogens with two attached hydrogens (primary N) is 1. The van der Waals surface area contributed by atoms with Crippen molar-refractivity contribution in [3.63, 3.8) is 0 Å². The molecule has 0 amide bonds. The molecule has 0 aromatic heterocycles. The standard InChI is InChI=1S/C14H14BrNOS/c15-11-2-1-3-13(10-11)17-8-9-18-14-6-4-12(16)5-7-14/h1-7,10H,8-9,16H2. The van der Waals surface area contributed by atoms with Crippen molar-refractivity contribution in [1.82, 2.24) is 0 Å². The third kappa shape index (κ3) is 4.27. The molecule has 2 rings (SSSR count). The fourth-order valence-electron chi connectivity index (χ4n) is 1.44. The lowest BCUT2D eigenvalue weighted by Gasteiger charge is -2.06. The van der Waals surface area contributed by atoms with Gasteiger partial charge < -0.3 is 10.5 Å². The smallest absolute Gasteiger partial charge is 0.120 e. The van der Waals surface area contributed by atoms with Crippen LogP contribution in [0.5, 0.6) is 5.75 Å². The van der Waals surface area contributed by atoms with Crippen LogP contribution < -0.4 is 10.5 Å². The van der Waals surface area contributed by atoms with Gasteiger partial charge in [-0.2, -0.15) is 0 Å². The predicted octanol–water partition coefficient (Wildman–Crippen LogP) is 4.20. The van der Waals surface area contributed by atoms with E-state index in [1.165, 1.54) is 4.90 Å². The molecule has 0 fully saturated rings. The number of benzene rings is 2. The second kappa shape index (κ2) is 6.71. The number of anilines is 1. The summed E-state index contributed by atoms with van der Waals surface area (Å²) in [5.41, 5.74) is 6.43. The summed E-state index contributed by atoms with van der Waals surface area (Å²) < 4.78 is 6.69. The summed E-state index contributed by atoms with van der Waals surface area (Å²) in [4.78, 5) is 1.21. The van der Waals surface area contributed by atoms with Crippen LogP contribution in [0.4, 0.5) is 5.69 Å². The molecule has 2 nitrogen and oxygen atoms in total. The number of halogens is 1. The van der Waals surface area contributed by atoms with Gasteiger partial charge in [0.1, 0.15) is 5.75 Å². The molecule has 0 unspecified atom stereocenters. The average Bonchev–Trinajstić information content (AvgIpc) is 2.37. The van der Waals surface area contributed by atoms with Crippen molar-refractivity contribution in [3.05, 3.63) is 53.0 Å². The fourth-order valence-corrected chi connectivity index (χ4v) is 2.55. The summed E-state index contributed by atoms with van der Waals surface area (Å²) in [6, 6.07) is 15.8. The summed E-state index contributed by atoms with van der Waals surface area (Å²) in [6.45, 7) is 0.686. The van der Waals surface area contributed by atoms with Crippen LogP contribution >= 0.6 is 27.7 Å².